The Morgan fingerprint density at radius 3 is 2.53 bits per heavy atom. The van der Waals surface area contributed by atoms with Crippen molar-refractivity contribution in [3.8, 4) is 0 Å². The van der Waals surface area contributed by atoms with E-state index in [4.69, 9.17) is 0 Å². The minimum absolute atomic E-state index is 0.00830. The number of halogens is 3. The molecule has 2 fully saturated rings. The van der Waals surface area contributed by atoms with E-state index in [1.54, 1.807) is 19.0 Å². The monoisotopic (exact) mass is 475 g/mol. The molecule has 1 heterocycles. The standard InChI is InChI=1S/C22H32F3N3O3S/c1-14(2)10-19(26-3)21(29)27(4)20-9-8-15-12-28(13-18(15)20)32(30,31)17-7-5-6-16(11-17)22(23,24)25/h5-7,11,14-15,18-20,26H,8-10,12-13H2,1-4H3/t15-,18+,19+,20+/m1/s1. The molecule has 4 atom stereocenters. The van der Waals surface area contributed by atoms with Gasteiger partial charge in [0, 0.05) is 26.2 Å². The van der Waals surface area contributed by atoms with Crippen LogP contribution in [0.3, 0.4) is 0 Å². The first-order chi connectivity index (χ1) is 14.9. The van der Waals surface area contributed by atoms with E-state index >= 15 is 0 Å². The van der Waals surface area contributed by atoms with Crippen molar-refractivity contribution in [3.63, 3.8) is 0 Å². The maximum atomic E-state index is 13.1. The molecule has 180 valence electrons. The molecule has 3 rings (SSSR count). The average Bonchev–Trinajstić information content (AvgIpc) is 3.31. The second-order valence-corrected chi connectivity index (χ2v) is 11.3. The SMILES string of the molecule is CN[C@@H](CC(C)C)C(=O)N(C)[C@H]1CC[C@@H]2CN(S(=O)(=O)c3cccc(C(F)(F)F)c3)C[C@@H]21. The van der Waals surface area contributed by atoms with Gasteiger partial charge in [-0.2, -0.15) is 17.5 Å². The first-order valence-electron chi connectivity index (χ1n) is 11.0. The number of amides is 1. The number of hydrogen-bond donors (Lipinski definition) is 1. The van der Waals surface area contributed by atoms with Gasteiger partial charge in [-0.3, -0.25) is 4.79 Å². The van der Waals surface area contributed by atoms with Crippen molar-refractivity contribution in [2.24, 2.45) is 17.8 Å². The zero-order chi connectivity index (χ0) is 23.8. The summed E-state index contributed by atoms with van der Waals surface area (Å²) in [5.74, 6) is 0.404. The summed E-state index contributed by atoms with van der Waals surface area (Å²) in [4.78, 5) is 14.4. The molecule has 1 saturated heterocycles. The molecule has 1 saturated carbocycles. The molecule has 0 bridgehead atoms. The Bertz CT molecular complexity index is 936. The summed E-state index contributed by atoms with van der Waals surface area (Å²) in [5.41, 5.74) is -0.982. The van der Waals surface area contributed by atoms with Gasteiger partial charge < -0.3 is 10.2 Å². The Kier molecular flexibility index (Phi) is 7.26. The Hall–Kier alpha value is -1.65. The molecule has 1 aliphatic carbocycles. The summed E-state index contributed by atoms with van der Waals surface area (Å²) in [5, 5.41) is 3.08. The Morgan fingerprint density at radius 1 is 1.25 bits per heavy atom. The Balaban J connectivity index is 1.76. The number of benzene rings is 1. The maximum absolute atomic E-state index is 13.1. The minimum atomic E-state index is -4.61. The van der Waals surface area contributed by atoms with E-state index in [1.807, 2.05) is 0 Å². The summed E-state index contributed by atoms with van der Waals surface area (Å²) >= 11 is 0. The van der Waals surface area contributed by atoms with Gasteiger partial charge in [0.2, 0.25) is 15.9 Å². The molecular formula is C22H32F3N3O3S. The molecule has 6 nitrogen and oxygen atoms in total. The first kappa shape index (κ1) is 25.0. The van der Waals surface area contributed by atoms with Crippen molar-refractivity contribution < 1.29 is 26.4 Å². The molecule has 1 N–H and O–H groups in total. The van der Waals surface area contributed by atoms with Crippen molar-refractivity contribution in [2.45, 2.75) is 56.3 Å². The zero-order valence-corrected chi connectivity index (χ0v) is 19.7. The van der Waals surface area contributed by atoms with Crippen LogP contribution < -0.4 is 5.32 Å². The highest BCUT2D eigenvalue weighted by molar-refractivity contribution is 7.89. The summed E-state index contributed by atoms with van der Waals surface area (Å²) in [6.45, 7) is 4.58. The third kappa shape index (κ3) is 4.97. The molecule has 1 aromatic rings. The Morgan fingerprint density at radius 2 is 1.94 bits per heavy atom. The van der Waals surface area contributed by atoms with Gasteiger partial charge in [0.1, 0.15) is 0 Å². The van der Waals surface area contributed by atoms with Crippen LogP contribution in [0, 0.1) is 17.8 Å². The van der Waals surface area contributed by atoms with Crippen LogP contribution in [0.25, 0.3) is 0 Å². The summed E-state index contributed by atoms with van der Waals surface area (Å²) < 4.78 is 66.7. The van der Waals surface area contributed by atoms with E-state index in [1.165, 1.54) is 10.4 Å². The average molecular weight is 476 g/mol. The van der Waals surface area contributed by atoms with Gasteiger partial charge in [0.15, 0.2) is 0 Å². The molecule has 0 spiro atoms. The second-order valence-electron chi connectivity index (χ2n) is 9.34. The lowest BCUT2D eigenvalue weighted by molar-refractivity contribution is -0.138. The summed E-state index contributed by atoms with van der Waals surface area (Å²) in [6, 6.07) is 3.50. The molecule has 1 amide bonds. The van der Waals surface area contributed by atoms with E-state index in [0.29, 0.717) is 18.4 Å². The van der Waals surface area contributed by atoms with Crippen LogP contribution in [0.2, 0.25) is 0 Å². The third-order valence-corrected chi connectivity index (χ3v) is 8.61. The van der Waals surface area contributed by atoms with E-state index in [-0.39, 0.29) is 47.8 Å². The van der Waals surface area contributed by atoms with Crippen molar-refractivity contribution in [1.29, 1.82) is 0 Å². The van der Waals surface area contributed by atoms with Gasteiger partial charge in [-0.25, -0.2) is 8.42 Å². The van der Waals surface area contributed by atoms with Gasteiger partial charge >= 0.3 is 6.18 Å². The van der Waals surface area contributed by atoms with Crippen molar-refractivity contribution in [3.05, 3.63) is 29.8 Å². The van der Waals surface area contributed by atoms with Crippen LogP contribution in [0.15, 0.2) is 29.2 Å². The van der Waals surface area contributed by atoms with Crippen LogP contribution in [0.1, 0.15) is 38.7 Å². The number of nitrogens with zero attached hydrogens (tertiary/aromatic N) is 2. The molecule has 0 unspecified atom stereocenters. The molecule has 2 aliphatic rings. The van der Waals surface area contributed by atoms with E-state index in [9.17, 15) is 26.4 Å². The molecule has 1 aromatic carbocycles. The van der Waals surface area contributed by atoms with E-state index in [2.05, 4.69) is 19.2 Å². The van der Waals surface area contributed by atoms with Crippen LogP contribution >= 0.6 is 0 Å². The maximum Gasteiger partial charge on any atom is 0.416 e. The third-order valence-electron chi connectivity index (χ3n) is 6.78. The Labute approximate surface area is 188 Å². The number of nitrogens with one attached hydrogen (secondary N) is 1. The van der Waals surface area contributed by atoms with E-state index in [0.717, 1.165) is 25.0 Å². The minimum Gasteiger partial charge on any atom is -0.341 e. The van der Waals surface area contributed by atoms with Gasteiger partial charge in [-0.1, -0.05) is 19.9 Å². The number of likely N-dealkylation sites (N-methyl/N-ethyl adjacent to an activating group) is 2. The number of carbonyl (C=O) groups excluding carboxylic acids is 1. The number of fused-ring (bicyclic) bond motifs is 1. The summed E-state index contributed by atoms with van der Waals surface area (Å²) in [7, 11) is -0.525. The second kappa shape index (κ2) is 9.30. The smallest absolute Gasteiger partial charge is 0.341 e. The normalized spacial score (nSPS) is 25.2. The largest absolute Gasteiger partial charge is 0.416 e. The quantitative estimate of drug-likeness (QED) is 0.658. The first-order valence-corrected chi connectivity index (χ1v) is 12.4. The lowest BCUT2D eigenvalue weighted by Gasteiger charge is -2.33. The van der Waals surface area contributed by atoms with Crippen LogP contribution in [0.4, 0.5) is 13.2 Å². The van der Waals surface area contributed by atoms with Gasteiger partial charge in [0.05, 0.1) is 16.5 Å². The van der Waals surface area contributed by atoms with Crippen LogP contribution in [0.5, 0.6) is 0 Å². The zero-order valence-electron chi connectivity index (χ0n) is 18.9. The van der Waals surface area contributed by atoms with Crippen molar-refractivity contribution in [2.75, 3.05) is 27.2 Å². The highest BCUT2D eigenvalue weighted by Gasteiger charge is 2.48. The number of carbonyl (C=O) groups is 1. The molecule has 0 aromatic heterocycles. The predicted octanol–water partition coefficient (Wildman–Crippen LogP) is 3.20. The number of alkyl halides is 3. The topological polar surface area (TPSA) is 69.7 Å². The molecule has 1 aliphatic heterocycles. The van der Waals surface area contributed by atoms with Gasteiger partial charge in [-0.15, -0.1) is 0 Å². The fourth-order valence-electron chi connectivity index (χ4n) is 5.08. The lowest BCUT2D eigenvalue weighted by Crippen LogP contribution is -2.50. The molecular weight excluding hydrogens is 443 g/mol. The number of rotatable bonds is 7. The van der Waals surface area contributed by atoms with Crippen LogP contribution in [-0.4, -0.2) is 62.8 Å². The number of hydrogen-bond acceptors (Lipinski definition) is 4. The number of sulfonamides is 1. The highest BCUT2D eigenvalue weighted by Crippen LogP contribution is 2.42. The summed E-state index contributed by atoms with van der Waals surface area (Å²) in [6.07, 6.45) is -2.32. The van der Waals surface area contributed by atoms with Gasteiger partial charge in [0.25, 0.3) is 0 Å². The fourth-order valence-corrected chi connectivity index (χ4v) is 6.66. The van der Waals surface area contributed by atoms with Crippen LogP contribution in [-0.2, 0) is 21.0 Å². The lowest BCUT2D eigenvalue weighted by atomic mass is 9.96. The molecule has 10 heteroatoms. The van der Waals surface area contributed by atoms with E-state index < -0.39 is 21.8 Å². The predicted molar refractivity (Wildman–Crippen MR) is 115 cm³/mol. The van der Waals surface area contributed by atoms with Crippen molar-refractivity contribution >= 4 is 15.9 Å². The van der Waals surface area contributed by atoms with Gasteiger partial charge in [-0.05, 0) is 62.3 Å². The highest BCUT2D eigenvalue weighted by atomic mass is 32.2. The fraction of sp³-hybridized carbons (Fsp3) is 0.682. The molecule has 0 radical (unpaired) electrons. The molecule has 32 heavy (non-hydrogen) atoms. The van der Waals surface area contributed by atoms with Crippen molar-refractivity contribution in [1.82, 2.24) is 14.5 Å².